The number of hydrogen-bond donors (Lipinski definition) is 2. The first kappa shape index (κ1) is 15.3. The lowest BCUT2D eigenvalue weighted by molar-refractivity contribution is -0.120. The maximum atomic E-state index is 11.8. The average Bonchev–Trinajstić information content (AvgIpc) is 2.94. The molecule has 0 saturated heterocycles. The number of carbonyl (C=O) groups is 1. The predicted octanol–water partition coefficient (Wildman–Crippen LogP) is 2.34. The summed E-state index contributed by atoms with van der Waals surface area (Å²) in [6.07, 6.45) is 0.883. The molecular weight excluding hydrogens is 282 g/mol. The third-order valence-electron chi connectivity index (χ3n) is 2.79. The van der Waals surface area contributed by atoms with Crippen molar-refractivity contribution in [3.05, 3.63) is 57.8 Å². The normalized spacial score (nSPS) is 9.76. The maximum Gasteiger partial charge on any atom is 0.224 e. The molecule has 0 fully saturated rings. The molecule has 0 aliphatic carbocycles. The molecule has 0 atom stereocenters. The van der Waals surface area contributed by atoms with E-state index in [9.17, 15) is 4.79 Å². The summed E-state index contributed by atoms with van der Waals surface area (Å²) in [5, 5.41) is 13.5. The molecule has 21 heavy (non-hydrogen) atoms. The Kier molecular flexibility index (Phi) is 6.01. The molecule has 4 heteroatoms. The molecule has 1 heterocycles. The van der Waals surface area contributed by atoms with Crippen molar-refractivity contribution in [1.29, 1.82) is 0 Å². The molecule has 0 bridgehead atoms. The highest BCUT2D eigenvalue weighted by atomic mass is 32.1. The topological polar surface area (TPSA) is 49.3 Å². The van der Waals surface area contributed by atoms with Crippen molar-refractivity contribution >= 4 is 17.2 Å². The van der Waals surface area contributed by atoms with Crippen LogP contribution in [0.5, 0.6) is 0 Å². The summed E-state index contributed by atoms with van der Waals surface area (Å²) in [6.45, 7) is 0.609. The van der Waals surface area contributed by atoms with Crippen molar-refractivity contribution in [2.45, 2.75) is 19.4 Å². The summed E-state index contributed by atoms with van der Waals surface area (Å²) >= 11 is 1.58. The van der Waals surface area contributed by atoms with E-state index in [2.05, 4.69) is 17.2 Å². The second-order valence-electron chi connectivity index (χ2n) is 4.52. The van der Waals surface area contributed by atoms with Crippen molar-refractivity contribution in [2.75, 3.05) is 6.61 Å². The number of thiophene rings is 1. The van der Waals surface area contributed by atoms with Crippen molar-refractivity contribution in [1.82, 2.24) is 5.32 Å². The summed E-state index contributed by atoms with van der Waals surface area (Å²) in [6, 6.07) is 11.7. The molecule has 0 saturated carbocycles. The lowest BCUT2D eigenvalue weighted by atomic mass is 10.1. The van der Waals surface area contributed by atoms with Gasteiger partial charge in [0.1, 0.15) is 0 Å². The molecular formula is C17H17NO2S. The predicted molar refractivity (Wildman–Crippen MR) is 84.9 cm³/mol. The quantitative estimate of drug-likeness (QED) is 0.833. The van der Waals surface area contributed by atoms with Gasteiger partial charge in [-0.05, 0) is 11.6 Å². The van der Waals surface area contributed by atoms with Crippen LogP contribution >= 0.6 is 11.3 Å². The van der Waals surface area contributed by atoms with Gasteiger partial charge in [-0.25, -0.2) is 0 Å². The zero-order valence-corrected chi connectivity index (χ0v) is 12.5. The van der Waals surface area contributed by atoms with E-state index >= 15 is 0 Å². The highest BCUT2D eigenvalue weighted by molar-refractivity contribution is 7.10. The van der Waals surface area contributed by atoms with Gasteiger partial charge in [0.05, 0.1) is 19.6 Å². The van der Waals surface area contributed by atoms with Crippen LogP contribution in [0.2, 0.25) is 0 Å². The number of nitrogens with one attached hydrogen (secondary N) is 1. The lowest BCUT2D eigenvalue weighted by Gasteiger charge is -2.03. The van der Waals surface area contributed by atoms with Crippen LogP contribution in [0.1, 0.15) is 22.4 Å². The monoisotopic (exact) mass is 299 g/mol. The molecule has 1 aromatic heterocycles. The van der Waals surface area contributed by atoms with Gasteiger partial charge in [0, 0.05) is 22.2 Å². The molecule has 1 amide bonds. The molecule has 0 radical (unpaired) electrons. The molecule has 2 N–H and O–H groups in total. The van der Waals surface area contributed by atoms with E-state index in [1.54, 1.807) is 11.3 Å². The molecule has 3 nitrogen and oxygen atoms in total. The zero-order valence-electron chi connectivity index (χ0n) is 11.6. The number of hydrogen-bond acceptors (Lipinski definition) is 3. The molecule has 108 valence electrons. The van der Waals surface area contributed by atoms with Gasteiger partial charge in [0.25, 0.3) is 0 Å². The van der Waals surface area contributed by atoms with Crippen LogP contribution in [-0.4, -0.2) is 17.6 Å². The second-order valence-corrected chi connectivity index (χ2v) is 5.51. The standard InChI is InChI=1S/C17H17NO2S/c19-9-5-4-8-15-10-16(21-13-15)12-18-17(20)11-14-6-2-1-3-7-14/h1-3,6-7,10,13,19H,5,9,11-12H2,(H,18,20). The van der Waals surface area contributed by atoms with Crippen LogP contribution in [0.4, 0.5) is 0 Å². The Morgan fingerprint density at radius 1 is 1.29 bits per heavy atom. The summed E-state index contributed by atoms with van der Waals surface area (Å²) in [5.74, 6) is 5.88. The zero-order chi connectivity index (χ0) is 14.9. The van der Waals surface area contributed by atoms with Crippen molar-refractivity contribution in [3.8, 4) is 11.8 Å². The summed E-state index contributed by atoms with van der Waals surface area (Å²) in [5.41, 5.74) is 1.94. The first-order valence-corrected chi connectivity index (χ1v) is 7.63. The van der Waals surface area contributed by atoms with E-state index in [0.717, 1.165) is 16.0 Å². The van der Waals surface area contributed by atoms with Crippen molar-refractivity contribution in [3.63, 3.8) is 0 Å². The molecule has 0 unspecified atom stereocenters. The molecule has 1 aromatic carbocycles. The minimum absolute atomic E-state index is 0.0162. The van der Waals surface area contributed by atoms with Gasteiger partial charge >= 0.3 is 0 Å². The number of rotatable bonds is 5. The van der Waals surface area contributed by atoms with Crippen LogP contribution in [0.25, 0.3) is 0 Å². The number of amides is 1. The van der Waals surface area contributed by atoms with Gasteiger partial charge in [-0.15, -0.1) is 11.3 Å². The van der Waals surface area contributed by atoms with Crippen molar-refractivity contribution < 1.29 is 9.90 Å². The van der Waals surface area contributed by atoms with E-state index in [-0.39, 0.29) is 12.5 Å². The van der Waals surface area contributed by atoms with E-state index in [4.69, 9.17) is 5.11 Å². The van der Waals surface area contributed by atoms with Crippen LogP contribution in [0.3, 0.4) is 0 Å². The van der Waals surface area contributed by atoms with Crippen LogP contribution in [0.15, 0.2) is 41.8 Å². The fourth-order valence-corrected chi connectivity index (χ4v) is 2.54. The molecule has 0 aliphatic rings. The number of carbonyl (C=O) groups excluding carboxylic acids is 1. The highest BCUT2D eigenvalue weighted by Gasteiger charge is 2.04. The molecule has 2 aromatic rings. The Balaban J connectivity index is 1.81. The van der Waals surface area contributed by atoms with Crippen molar-refractivity contribution in [2.24, 2.45) is 0 Å². The van der Waals surface area contributed by atoms with Gasteiger partial charge < -0.3 is 10.4 Å². The fourth-order valence-electron chi connectivity index (χ4n) is 1.79. The summed E-state index contributed by atoms with van der Waals surface area (Å²) in [4.78, 5) is 12.9. The van der Waals surface area contributed by atoms with Gasteiger partial charge in [-0.1, -0.05) is 42.2 Å². The van der Waals surface area contributed by atoms with Gasteiger partial charge in [-0.2, -0.15) is 0 Å². The molecule has 0 spiro atoms. The van der Waals surface area contributed by atoms with Crippen LogP contribution < -0.4 is 5.32 Å². The van der Waals surface area contributed by atoms with Crippen LogP contribution in [0, 0.1) is 11.8 Å². The van der Waals surface area contributed by atoms with E-state index in [1.165, 1.54) is 0 Å². The fraction of sp³-hybridized carbons (Fsp3) is 0.235. The number of aliphatic hydroxyl groups excluding tert-OH is 1. The molecule has 0 aliphatic heterocycles. The number of benzene rings is 1. The second kappa shape index (κ2) is 8.25. The minimum atomic E-state index is 0.0162. The van der Waals surface area contributed by atoms with E-state index in [0.29, 0.717) is 19.4 Å². The first-order chi connectivity index (χ1) is 10.3. The third-order valence-corrected chi connectivity index (χ3v) is 3.73. The smallest absolute Gasteiger partial charge is 0.224 e. The Morgan fingerprint density at radius 2 is 2.10 bits per heavy atom. The Morgan fingerprint density at radius 3 is 2.86 bits per heavy atom. The van der Waals surface area contributed by atoms with E-state index < -0.39 is 0 Å². The lowest BCUT2D eigenvalue weighted by Crippen LogP contribution is -2.24. The van der Waals surface area contributed by atoms with Gasteiger partial charge in [0.15, 0.2) is 0 Å². The van der Waals surface area contributed by atoms with Crippen LogP contribution in [-0.2, 0) is 17.8 Å². The maximum absolute atomic E-state index is 11.8. The largest absolute Gasteiger partial charge is 0.395 e. The molecule has 2 rings (SSSR count). The summed E-state index contributed by atoms with van der Waals surface area (Å²) in [7, 11) is 0. The van der Waals surface area contributed by atoms with Gasteiger partial charge in [0.2, 0.25) is 5.91 Å². The Hall–Kier alpha value is -2.09. The Labute approximate surface area is 128 Å². The average molecular weight is 299 g/mol. The third kappa shape index (κ3) is 5.42. The Bertz CT molecular complexity index is 638. The first-order valence-electron chi connectivity index (χ1n) is 6.75. The number of aliphatic hydroxyl groups is 1. The van der Waals surface area contributed by atoms with Gasteiger partial charge in [-0.3, -0.25) is 4.79 Å². The van der Waals surface area contributed by atoms with E-state index in [1.807, 2.05) is 41.8 Å². The minimum Gasteiger partial charge on any atom is -0.395 e. The SMILES string of the molecule is O=C(Cc1ccccc1)NCc1cc(C#CCCO)cs1. The summed E-state index contributed by atoms with van der Waals surface area (Å²) < 4.78 is 0. The highest BCUT2D eigenvalue weighted by Crippen LogP contribution is 2.13.